The number of hydrogen-bond acceptors (Lipinski definition) is 4. The van der Waals surface area contributed by atoms with E-state index in [4.69, 9.17) is 0 Å². The smallest absolute Gasteiger partial charge is 0.126 e. The number of hydrogen-bond donors (Lipinski definition) is 0. The lowest BCUT2D eigenvalue weighted by Crippen LogP contribution is -1.70. The van der Waals surface area contributed by atoms with Crippen molar-refractivity contribution < 1.29 is 13.7 Å². The fourth-order valence-electron chi connectivity index (χ4n) is 0. The summed E-state index contributed by atoms with van der Waals surface area (Å²) in [5.41, 5.74) is 0. The van der Waals surface area contributed by atoms with Gasteiger partial charge in [0.2, 0.25) is 0 Å². The third kappa shape index (κ3) is 88900. The number of carbonyl (C=O) groups is 1. The second-order valence-electron chi connectivity index (χ2n) is 2.47. The third-order valence-electron chi connectivity index (χ3n) is 0. The molecular formula is C9H24O3S2. The highest BCUT2D eigenvalue weighted by Crippen LogP contribution is 1.70. The van der Waals surface area contributed by atoms with Crippen molar-refractivity contribution in [2.75, 3.05) is 39.2 Å². The molecule has 0 radical (unpaired) electrons. The van der Waals surface area contributed by atoms with Gasteiger partial charge in [-0.3, -0.25) is 4.21 Å². The Hall–Kier alpha value is 0.130. The zero-order valence-electron chi connectivity index (χ0n) is 10.5. The van der Waals surface area contributed by atoms with E-state index in [-0.39, 0.29) is 5.78 Å². The summed E-state index contributed by atoms with van der Waals surface area (Å²) in [4.78, 5) is 9.44. The molecule has 0 saturated heterocycles. The predicted octanol–water partition coefficient (Wildman–Crippen LogP) is 1.83. The van der Waals surface area contributed by atoms with E-state index in [1.807, 2.05) is 12.5 Å². The Kier molecular flexibility index (Phi) is 49.6. The van der Waals surface area contributed by atoms with Gasteiger partial charge in [0.1, 0.15) is 5.78 Å². The molecule has 0 amide bonds. The van der Waals surface area contributed by atoms with Gasteiger partial charge < -0.3 is 9.53 Å². The number of methoxy groups -OCH3 is 1. The van der Waals surface area contributed by atoms with E-state index >= 15 is 0 Å². The number of ether oxygens (including phenoxy) is 1. The average molecular weight is 244 g/mol. The van der Waals surface area contributed by atoms with Crippen LogP contribution in [0.1, 0.15) is 13.8 Å². The van der Waals surface area contributed by atoms with E-state index in [0.29, 0.717) is 0 Å². The van der Waals surface area contributed by atoms with Crippen molar-refractivity contribution in [2.45, 2.75) is 13.8 Å². The number of carbonyl (C=O) groups excluding carboxylic acids is 1. The summed E-state index contributed by atoms with van der Waals surface area (Å²) in [6.07, 6.45) is 7.36. The van der Waals surface area contributed by atoms with Crippen molar-refractivity contribution >= 4 is 28.3 Å². The molecule has 0 aromatic carbocycles. The van der Waals surface area contributed by atoms with Crippen LogP contribution >= 0.6 is 11.8 Å². The van der Waals surface area contributed by atoms with Gasteiger partial charge in [-0.1, -0.05) is 0 Å². The van der Waals surface area contributed by atoms with Gasteiger partial charge in [0, 0.05) is 37.5 Å². The van der Waals surface area contributed by atoms with E-state index < -0.39 is 10.8 Å². The molecule has 3 nitrogen and oxygen atoms in total. The van der Waals surface area contributed by atoms with Crippen LogP contribution in [0.4, 0.5) is 0 Å². The molecule has 0 fully saturated rings. The molecule has 5 heteroatoms. The normalized spacial score (nSPS) is 6.93. The van der Waals surface area contributed by atoms with Gasteiger partial charge in [-0.05, 0) is 26.4 Å². The third-order valence-corrected chi connectivity index (χ3v) is 0. The number of rotatable bonds is 0. The Morgan fingerprint density at radius 1 is 1.14 bits per heavy atom. The first-order chi connectivity index (χ1) is 6.29. The molecule has 0 aliphatic carbocycles. The fraction of sp³-hybridized carbons (Fsp3) is 0.889. The molecule has 0 saturated carbocycles. The summed E-state index contributed by atoms with van der Waals surface area (Å²) in [6, 6.07) is 0. The predicted molar refractivity (Wildman–Crippen MR) is 68.7 cm³/mol. The Morgan fingerprint density at radius 2 is 1.14 bits per heavy atom. The van der Waals surface area contributed by atoms with Gasteiger partial charge in [-0.15, -0.1) is 0 Å². The second-order valence-corrected chi connectivity index (χ2v) is 4.77. The van der Waals surface area contributed by atoms with Crippen LogP contribution in [0.3, 0.4) is 0 Å². The molecule has 0 heterocycles. The van der Waals surface area contributed by atoms with E-state index in [1.165, 1.54) is 13.8 Å². The Morgan fingerprint density at radius 3 is 1.14 bits per heavy atom. The van der Waals surface area contributed by atoms with Gasteiger partial charge in [0.05, 0.1) is 0 Å². The first-order valence-corrected chi connectivity index (χ1v) is 7.42. The minimum Gasteiger partial charge on any atom is -0.388 e. The quantitative estimate of drug-likeness (QED) is 0.652. The zero-order chi connectivity index (χ0) is 12.6. The van der Waals surface area contributed by atoms with Crippen LogP contribution in [0, 0.1) is 0 Å². The highest BCUT2D eigenvalue weighted by Gasteiger charge is 1.62. The number of thioether (sulfide) groups is 1. The van der Waals surface area contributed by atoms with Gasteiger partial charge >= 0.3 is 0 Å². The minimum atomic E-state index is -0.611. The first kappa shape index (κ1) is 23.7. The molecular weight excluding hydrogens is 220 g/mol. The van der Waals surface area contributed by atoms with E-state index in [0.717, 1.165) is 0 Å². The molecule has 0 atom stereocenters. The summed E-state index contributed by atoms with van der Waals surface area (Å²) in [7, 11) is 2.64. The standard InChI is InChI=1S/C3H6O.C2H6OS.C2H6O.C2H6S/c1-3(2)4;1-4(2)3;2*1-3-2/h2*1-2H3;2*1-2H3. The van der Waals surface area contributed by atoms with Crippen LogP contribution in [0.15, 0.2) is 0 Å². The maximum absolute atomic E-state index is 9.56. The summed E-state index contributed by atoms with van der Waals surface area (Å²) >= 11 is 1.75. The maximum atomic E-state index is 9.56. The molecule has 0 unspecified atom stereocenters. The van der Waals surface area contributed by atoms with E-state index in [9.17, 15) is 9.00 Å². The molecule has 0 N–H and O–H groups in total. The zero-order valence-corrected chi connectivity index (χ0v) is 12.2. The topological polar surface area (TPSA) is 43.4 Å². The largest absolute Gasteiger partial charge is 0.388 e. The lowest BCUT2D eigenvalue weighted by Gasteiger charge is -1.61. The first-order valence-electron chi connectivity index (χ1n) is 3.82. The van der Waals surface area contributed by atoms with Gasteiger partial charge in [-0.25, -0.2) is 0 Å². The fourth-order valence-corrected chi connectivity index (χ4v) is 0. The molecule has 0 spiro atoms. The molecule has 0 aliphatic heterocycles. The lowest BCUT2D eigenvalue weighted by atomic mass is 10.6. The monoisotopic (exact) mass is 244 g/mol. The summed E-state index contributed by atoms with van der Waals surface area (Å²) in [5.74, 6) is 0.167. The van der Waals surface area contributed by atoms with Crippen LogP contribution in [-0.4, -0.2) is 49.2 Å². The molecule has 0 rings (SSSR count). The van der Waals surface area contributed by atoms with Crippen molar-refractivity contribution in [3.63, 3.8) is 0 Å². The molecule has 14 heavy (non-hydrogen) atoms. The lowest BCUT2D eigenvalue weighted by molar-refractivity contribution is -0.114. The van der Waals surface area contributed by atoms with Crippen LogP contribution in [0.2, 0.25) is 0 Å². The van der Waals surface area contributed by atoms with Crippen LogP contribution in [0.25, 0.3) is 0 Å². The second kappa shape index (κ2) is 29.2. The highest BCUT2D eigenvalue weighted by atomic mass is 32.2. The highest BCUT2D eigenvalue weighted by molar-refractivity contribution is 7.97. The van der Waals surface area contributed by atoms with Crippen LogP contribution in [0.5, 0.6) is 0 Å². The van der Waals surface area contributed by atoms with Crippen molar-refractivity contribution in [1.82, 2.24) is 0 Å². The van der Waals surface area contributed by atoms with Gasteiger partial charge in [0.15, 0.2) is 0 Å². The molecule has 0 aromatic rings. The summed E-state index contributed by atoms with van der Waals surface area (Å²) in [6.45, 7) is 3.06. The SMILES string of the molecule is CC(C)=O.COC.CS(C)=O.CSC. The summed E-state index contributed by atoms with van der Waals surface area (Å²) < 4.78 is 13.8. The van der Waals surface area contributed by atoms with Gasteiger partial charge in [-0.2, -0.15) is 11.8 Å². The van der Waals surface area contributed by atoms with Crippen LogP contribution in [-0.2, 0) is 20.3 Å². The molecule has 0 aliphatic rings. The van der Waals surface area contributed by atoms with Crippen molar-refractivity contribution in [2.24, 2.45) is 0 Å². The van der Waals surface area contributed by atoms with Crippen molar-refractivity contribution in [3.8, 4) is 0 Å². The molecule has 90 valence electrons. The van der Waals surface area contributed by atoms with Crippen molar-refractivity contribution in [3.05, 3.63) is 0 Å². The Balaban J connectivity index is -0.0000000482. The number of Topliss-reactive ketones (excluding diaryl/α,β-unsaturated/α-hetero) is 1. The average Bonchev–Trinajstić information content (AvgIpc) is 1.85. The minimum absolute atomic E-state index is 0.167. The van der Waals surface area contributed by atoms with E-state index in [2.05, 4.69) is 4.74 Å². The van der Waals surface area contributed by atoms with Crippen molar-refractivity contribution in [1.29, 1.82) is 0 Å². The van der Waals surface area contributed by atoms with E-state index in [1.54, 1.807) is 38.5 Å². The molecule has 0 bridgehead atoms. The van der Waals surface area contributed by atoms with Crippen LogP contribution < -0.4 is 0 Å². The Labute approximate surface area is 95.4 Å². The summed E-state index contributed by atoms with van der Waals surface area (Å²) in [5, 5.41) is 0. The molecule has 0 aromatic heterocycles. The number of ketones is 1. The maximum Gasteiger partial charge on any atom is 0.126 e. The Bertz CT molecular complexity index is 94.6. The van der Waals surface area contributed by atoms with Gasteiger partial charge in [0.25, 0.3) is 0 Å².